The maximum Gasteiger partial charge on any atom is 0.414 e. The summed E-state index contributed by atoms with van der Waals surface area (Å²) >= 11 is 0. The molecule has 0 N–H and O–H groups in total. The summed E-state index contributed by atoms with van der Waals surface area (Å²) in [6, 6.07) is 2.16. The van der Waals surface area contributed by atoms with Crippen molar-refractivity contribution in [2.75, 3.05) is 55.6 Å². The number of nitrogens with zero attached hydrogens (tertiary/aromatic N) is 4. The number of ketones is 1. The number of carbonyl (C=O) groups excluding carboxylic acids is 2. The fraction of sp³-hybridized carbons (Fsp3) is 0.600. The van der Waals surface area contributed by atoms with Crippen LogP contribution in [-0.4, -0.2) is 80.2 Å². The van der Waals surface area contributed by atoms with E-state index >= 15 is 0 Å². The van der Waals surface area contributed by atoms with Gasteiger partial charge in [-0.1, -0.05) is 0 Å². The first-order chi connectivity index (χ1) is 14.8. The van der Waals surface area contributed by atoms with Crippen LogP contribution in [0.4, 0.5) is 33.7 Å². The molecule has 11 heteroatoms. The molecule has 1 aromatic carbocycles. The molecule has 0 aromatic heterocycles. The lowest BCUT2D eigenvalue weighted by molar-refractivity contribution is -0.129. The van der Waals surface area contributed by atoms with E-state index in [0.29, 0.717) is 26.2 Å². The van der Waals surface area contributed by atoms with Crippen LogP contribution in [0.3, 0.4) is 0 Å². The third kappa shape index (κ3) is 4.62. The number of carbonyl (C=O) groups is 2. The highest BCUT2D eigenvalue weighted by Crippen LogP contribution is 2.32. The van der Waals surface area contributed by atoms with Crippen molar-refractivity contribution in [2.24, 2.45) is 0 Å². The third-order valence-electron chi connectivity index (χ3n) is 5.95. The van der Waals surface area contributed by atoms with Crippen LogP contribution >= 0.6 is 0 Å². The van der Waals surface area contributed by atoms with E-state index in [0.717, 1.165) is 36.5 Å². The molecule has 3 fully saturated rings. The van der Waals surface area contributed by atoms with Gasteiger partial charge in [-0.05, 0) is 12.8 Å². The average Bonchev–Trinajstić information content (AvgIpc) is 3.27. The van der Waals surface area contributed by atoms with Crippen LogP contribution in [0.25, 0.3) is 0 Å². The zero-order valence-electron chi connectivity index (χ0n) is 16.9. The van der Waals surface area contributed by atoms with Gasteiger partial charge in [0.25, 0.3) is 6.43 Å². The van der Waals surface area contributed by atoms with Gasteiger partial charge in [0.1, 0.15) is 11.8 Å². The quantitative estimate of drug-likeness (QED) is 0.629. The largest absolute Gasteiger partial charge is 0.444 e. The molecule has 3 aliphatic heterocycles. The van der Waals surface area contributed by atoms with Crippen molar-refractivity contribution in [3.05, 3.63) is 23.8 Å². The highest BCUT2D eigenvalue weighted by Gasteiger charge is 2.35. The minimum absolute atomic E-state index is 0.00868. The van der Waals surface area contributed by atoms with Gasteiger partial charge < -0.3 is 9.64 Å². The van der Waals surface area contributed by atoms with Crippen LogP contribution in [-0.2, 0) is 9.53 Å². The molecule has 31 heavy (non-hydrogen) atoms. The van der Waals surface area contributed by atoms with Gasteiger partial charge in [-0.15, -0.1) is 0 Å². The van der Waals surface area contributed by atoms with Crippen LogP contribution in [0.15, 0.2) is 12.1 Å². The second kappa shape index (κ2) is 8.99. The van der Waals surface area contributed by atoms with Gasteiger partial charge in [0.2, 0.25) is 0 Å². The molecule has 1 atom stereocenters. The van der Waals surface area contributed by atoms with Crippen LogP contribution < -0.4 is 9.80 Å². The van der Waals surface area contributed by atoms with E-state index in [4.69, 9.17) is 4.74 Å². The Morgan fingerprint density at radius 3 is 2.23 bits per heavy atom. The molecular formula is C20H24F4N4O3. The Balaban J connectivity index is 1.44. The SMILES string of the molecule is O=C(CC[C@H]1CN(c2cc(F)c(N3CCN4CCCN4CC3)c(F)c2)C(=O)O1)C(F)F. The maximum atomic E-state index is 14.9. The molecule has 4 rings (SSSR count). The van der Waals surface area contributed by atoms with Gasteiger partial charge in [0.05, 0.1) is 12.2 Å². The maximum absolute atomic E-state index is 14.9. The number of Topliss-reactive ketones (excluding diaryl/α,β-unsaturated/α-hetero) is 1. The molecule has 3 aliphatic rings. The van der Waals surface area contributed by atoms with Crippen molar-refractivity contribution in [2.45, 2.75) is 31.8 Å². The number of amides is 1. The molecule has 0 unspecified atom stereocenters. The first-order valence-corrected chi connectivity index (χ1v) is 10.4. The standard InChI is InChI=1S/C20H24F4N4O3/c21-15-10-13(28-12-14(31-20(28)30)2-3-17(29)19(23)24)11-16(22)18(15)25-6-8-26-4-1-5-27(26)9-7-25/h10-11,14,19H,1-9,12H2/t14-/m0/s1. The zero-order valence-corrected chi connectivity index (χ0v) is 16.9. The molecule has 3 heterocycles. The molecule has 3 saturated heterocycles. The summed E-state index contributed by atoms with van der Waals surface area (Å²) in [6.45, 7) is 4.14. The first kappa shape index (κ1) is 21.8. The number of hydrazine groups is 1. The van der Waals surface area contributed by atoms with E-state index in [2.05, 4.69) is 10.0 Å². The van der Waals surface area contributed by atoms with E-state index in [-0.39, 0.29) is 24.3 Å². The second-order valence-corrected chi connectivity index (χ2v) is 7.93. The number of halogens is 4. The van der Waals surface area contributed by atoms with Gasteiger partial charge in [-0.3, -0.25) is 9.69 Å². The minimum atomic E-state index is -3.07. The van der Waals surface area contributed by atoms with Crippen molar-refractivity contribution in [1.82, 2.24) is 10.0 Å². The van der Waals surface area contributed by atoms with Crippen molar-refractivity contribution < 1.29 is 31.9 Å². The smallest absolute Gasteiger partial charge is 0.414 e. The molecule has 1 aromatic rings. The van der Waals surface area contributed by atoms with Crippen molar-refractivity contribution >= 4 is 23.3 Å². The summed E-state index contributed by atoms with van der Waals surface area (Å²) in [5.74, 6) is -2.79. The summed E-state index contributed by atoms with van der Waals surface area (Å²) in [4.78, 5) is 25.9. The predicted octanol–water partition coefficient (Wildman–Crippen LogP) is 2.65. The molecule has 170 valence electrons. The third-order valence-corrected chi connectivity index (χ3v) is 5.95. The Kier molecular flexibility index (Phi) is 6.33. The fourth-order valence-corrected chi connectivity index (χ4v) is 4.34. The Bertz CT molecular complexity index is 819. The van der Waals surface area contributed by atoms with E-state index < -0.39 is 42.5 Å². The van der Waals surface area contributed by atoms with Crippen molar-refractivity contribution in [1.29, 1.82) is 0 Å². The number of fused-ring (bicyclic) bond motifs is 1. The number of hydrogen-bond acceptors (Lipinski definition) is 6. The Morgan fingerprint density at radius 2 is 1.65 bits per heavy atom. The summed E-state index contributed by atoms with van der Waals surface area (Å²) < 4.78 is 59.6. The van der Waals surface area contributed by atoms with Crippen molar-refractivity contribution in [3.63, 3.8) is 0 Å². The molecule has 1 amide bonds. The number of hydrogen-bond donors (Lipinski definition) is 0. The van der Waals surface area contributed by atoms with Gasteiger partial charge in [0, 0.05) is 57.8 Å². The van der Waals surface area contributed by atoms with Crippen LogP contribution in [0, 0.1) is 11.6 Å². The van der Waals surface area contributed by atoms with Crippen LogP contribution in [0.5, 0.6) is 0 Å². The number of ether oxygens (including phenoxy) is 1. The first-order valence-electron chi connectivity index (χ1n) is 10.4. The number of anilines is 2. The van der Waals surface area contributed by atoms with Crippen LogP contribution in [0.1, 0.15) is 19.3 Å². The topological polar surface area (TPSA) is 56.3 Å². The lowest BCUT2D eigenvalue weighted by Crippen LogP contribution is -2.37. The summed E-state index contributed by atoms with van der Waals surface area (Å²) in [6.07, 6.45) is -4.13. The highest BCUT2D eigenvalue weighted by atomic mass is 19.3. The molecule has 0 radical (unpaired) electrons. The van der Waals surface area contributed by atoms with E-state index in [1.165, 1.54) is 0 Å². The van der Waals surface area contributed by atoms with Gasteiger partial charge in [-0.25, -0.2) is 32.4 Å². The normalized spacial score (nSPS) is 22.7. The number of benzene rings is 1. The van der Waals surface area contributed by atoms with Gasteiger partial charge in [0.15, 0.2) is 17.4 Å². The second-order valence-electron chi connectivity index (χ2n) is 7.93. The minimum Gasteiger partial charge on any atom is -0.444 e. The lowest BCUT2D eigenvalue weighted by atomic mass is 10.1. The van der Waals surface area contributed by atoms with E-state index in [1.807, 2.05) is 0 Å². The molecule has 7 nitrogen and oxygen atoms in total. The highest BCUT2D eigenvalue weighted by molar-refractivity contribution is 5.90. The zero-order chi connectivity index (χ0) is 22.1. The van der Waals surface area contributed by atoms with E-state index in [1.54, 1.807) is 4.90 Å². The molecule has 0 saturated carbocycles. The molecule has 0 spiro atoms. The predicted molar refractivity (Wildman–Crippen MR) is 104 cm³/mol. The van der Waals surface area contributed by atoms with Gasteiger partial charge in [-0.2, -0.15) is 0 Å². The Hall–Kier alpha value is -2.40. The number of alkyl halides is 2. The fourth-order valence-electron chi connectivity index (χ4n) is 4.34. The van der Waals surface area contributed by atoms with Gasteiger partial charge >= 0.3 is 6.09 Å². The monoisotopic (exact) mass is 444 g/mol. The average molecular weight is 444 g/mol. The van der Waals surface area contributed by atoms with Crippen molar-refractivity contribution in [3.8, 4) is 0 Å². The number of cyclic esters (lactones) is 1. The lowest BCUT2D eigenvalue weighted by Gasteiger charge is -2.25. The Morgan fingerprint density at radius 1 is 1.03 bits per heavy atom. The molecular weight excluding hydrogens is 420 g/mol. The summed E-state index contributed by atoms with van der Waals surface area (Å²) in [5, 5.41) is 4.40. The van der Waals surface area contributed by atoms with E-state index in [9.17, 15) is 27.2 Å². The summed E-state index contributed by atoms with van der Waals surface area (Å²) in [5.41, 5.74) is -0.136. The Labute approximate surface area is 177 Å². The number of rotatable bonds is 6. The van der Waals surface area contributed by atoms with Crippen LogP contribution in [0.2, 0.25) is 0 Å². The molecule has 0 bridgehead atoms. The molecule has 0 aliphatic carbocycles. The summed E-state index contributed by atoms with van der Waals surface area (Å²) in [7, 11) is 0.